The maximum Gasteiger partial charge on any atom is 0.307 e. The van der Waals surface area contributed by atoms with Crippen LogP contribution in [0.5, 0.6) is 0 Å². The molecule has 0 spiro atoms. The lowest BCUT2D eigenvalue weighted by Gasteiger charge is -2.05. The minimum Gasteiger partial charge on any atom is -0.299 e. The van der Waals surface area contributed by atoms with Crippen molar-refractivity contribution in [2.45, 2.75) is 13.5 Å². The number of aryl methyl sites for hydroxylation is 1. The van der Waals surface area contributed by atoms with Crippen molar-refractivity contribution >= 4 is 17.0 Å². The van der Waals surface area contributed by atoms with E-state index >= 15 is 0 Å². The SMILES string of the molecule is Cc1csc(=O)n1Cc1cccc([N+](=O)[O-])c1F. The summed E-state index contributed by atoms with van der Waals surface area (Å²) in [5.74, 6) is -0.889. The standard InChI is InChI=1S/C11H9FN2O3S/c1-7-6-18-11(15)13(7)5-8-3-2-4-9(10(8)12)14(16)17/h2-4,6H,5H2,1H3. The Kier molecular flexibility index (Phi) is 3.24. The van der Waals surface area contributed by atoms with Crippen molar-refractivity contribution in [2.24, 2.45) is 0 Å². The van der Waals surface area contributed by atoms with Crippen molar-refractivity contribution in [3.63, 3.8) is 0 Å². The Balaban J connectivity index is 2.45. The molecule has 94 valence electrons. The Labute approximate surface area is 105 Å². The highest BCUT2D eigenvalue weighted by Crippen LogP contribution is 2.21. The van der Waals surface area contributed by atoms with Crippen LogP contribution in [0.25, 0.3) is 0 Å². The second-order valence-corrected chi connectivity index (χ2v) is 4.56. The van der Waals surface area contributed by atoms with Crippen molar-refractivity contribution in [1.29, 1.82) is 0 Å². The van der Waals surface area contributed by atoms with E-state index in [1.54, 1.807) is 12.3 Å². The van der Waals surface area contributed by atoms with E-state index in [4.69, 9.17) is 0 Å². The first-order valence-corrected chi connectivity index (χ1v) is 5.95. The zero-order valence-corrected chi connectivity index (χ0v) is 10.2. The van der Waals surface area contributed by atoms with Crippen LogP contribution in [-0.2, 0) is 6.54 Å². The molecular formula is C11H9FN2O3S. The van der Waals surface area contributed by atoms with Crippen molar-refractivity contribution in [3.05, 3.63) is 60.4 Å². The fourth-order valence-corrected chi connectivity index (χ4v) is 2.33. The molecule has 0 amide bonds. The van der Waals surface area contributed by atoms with Gasteiger partial charge in [0.25, 0.3) is 0 Å². The topological polar surface area (TPSA) is 65.1 Å². The normalized spacial score (nSPS) is 10.6. The third-order valence-corrected chi connectivity index (χ3v) is 3.44. The van der Waals surface area contributed by atoms with Crippen molar-refractivity contribution in [2.75, 3.05) is 0 Å². The second kappa shape index (κ2) is 4.69. The molecular weight excluding hydrogens is 259 g/mol. The van der Waals surface area contributed by atoms with Gasteiger partial charge in [-0.3, -0.25) is 19.5 Å². The van der Waals surface area contributed by atoms with Gasteiger partial charge in [0.15, 0.2) is 0 Å². The first kappa shape index (κ1) is 12.4. The Bertz CT molecular complexity index is 663. The summed E-state index contributed by atoms with van der Waals surface area (Å²) in [7, 11) is 0. The lowest BCUT2D eigenvalue weighted by atomic mass is 10.2. The number of aromatic nitrogens is 1. The van der Waals surface area contributed by atoms with Crippen LogP contribution in [0.2, 0.25) is 0 Å². The van der Waals surface area contributed by atoms with Crippen LogP contribution in [0.1, 0.15) is 11.3 Å². The average molecular weight is 268 g/mol. The van der Waals surface area contributed by atoms with E-state index in [0.29, 0.717) is 5.69 Å². The van der Waals surface area contributed by atoms with Crippen LogP contribution in [0, 0.1) is 22.9 Å². The number of hydrogen-bond acceptors (Lipinski definition) is 4. The summed E-state index contributed by atoms with van der Waals surface area (Å²) in [6.45, 7) is 1.73. The predicted molar refractivity (Wildman–Crippen MR) is 65.5 cm³/mol. The van der Waals surface area contributed by atoms with Gasteiger partial charge in [-0.1, -0.05) is 23.5 Å². The summed E-state index contributed by atoms with van der Waals surface area (Å²) >= 11 is 1.02. The van der Waals surface area contributed by atoms with Crippen LogP contribution in [0.4, 0.5) is 10.1 Å². The molecule has 0 bridgehead atoms. The van der Waals surface area contributed by atoms with Gasteiger partial charge in [-0.2, -0.15) is 4.39 Å². The van der Waals surface area contributed by atoms with E-state index < -0.39 is 16.4 Å². The fraction of sp³-hybridized carbons (Fsp3) is 0.182. The van der Waals surface area contributed by atoms with Crippen molar-refractivity contribution < 1.29 is 9.31 Å². The summed E-state index contributed by atoms with van der Waals surface area (Å²) in [5.41, 5.74) is 0.261. The van der Waals surface area contributed by atoms with E-state index in [1.807, 2.05) is 0 Å². The number of rotatable bonds is 3. The van der Waals surface area contributed by atoms with Gasteiger partial charge in [-0.05, 0) is 6.92 Å². The number of benzene rings is 1. The number of thiazole rings is 1. The first-order chi connectivity index (χ1) is 8.50. The summed E-state index contributed by atoms with van der Waals surface area (Å²) in [4.78, 5) is 21.1. The first-order valence-electron chi connectivity index (χ1n) is 5.07. The molecule has 0 N–H and O–H groups in total. The summed E-state index contributed by atoms with van der Waals surface area (Å²) in [5, 5.41) is 12.3. The summed E-state index contributed by atoms with van der Waals surface area (Å²) in [6, 6.07) is 3.94. The highest BCUT2D eigenvalue weighted by Gasteiger charge is 2.18. The van der Waals surface area contributed by atoms with Gasteiger partial charge in [-0.15, -0.1) is 0 Å². The van der Waals surface area contributed by atoms with Gasteiger partial charge in [0.1, 0.15) is 0 Å². The molecule has 1 heterocycles. The number of hydrogen-bond donors (Lipinski definition) is 0. The molecule has 0 fully saturated rings. The lowest BCUT2D eigenvalue weighted by Crippen LogP contribution is -2.16. The molecule has 1 aromatic heterocycles. The monoisotopic (exact) mass is 268 g/mol. The van der Waals surface area contributed by atoms with Gasteiger partial charge in [-0.25, -0.2) is 0 Å². The molecule has 0 aliphatic heterocycles. The Morgan fingerprint density at radius 2 is 2.22 bits per heavy atom. The maximum absolute atomic E-state index is 13.8. The number of nitro groups is 1. The van der Waals surface area contributed by atoms with Crippen LogP contribution >= 0.6 is 11.3 Å². The van der Waals surface area contributed by atoms with Crippen LogP contribution in [0.3, 0.4) is 0 Å². The minimum absolute atomic E-state index is 0.00167. The predicted octanol–water partition coefficient (Wildman–Crippen LogP) is 2.31. The van der Waals surface area contributed by atoms with Gasteiger partial charge >= 0.3 is 10.6 Å². The van der Waals surface area contributed by atoms with Gasteiger partial charge in [0.05, 0.1) is 11.5 Å². The van der Waals surface area contributed by atoms with Crippen LogP contribution < -0.4 is 4.87 Å². The molecule has 0 atom stereocenters. The molecule has 0 radical (unpaired) electrons. The fourth-order valence-electron chi connectivity index (χ4n) is 1.60. The number of halogens is 1. The van der Waals surface area contributed by atoms with E-state index in [-0.39, 0.29) is 17.0 Å². The van der Waals surface area contributed by atoms with Gasteiger partial charge < -0.3 is 0 Å². The Morgan fingerprint density at radius 1 is 1.50 bits per heavy atom. The second-order valence-electron chi connectivity index (χ2n) is 3.74. The highest BCUT2D eigenvalue weighted by molar-refractivity contribution is 7.07. The number of nitro benzene ring substituents is 1. The molecule has 0 saturated carbocycles. The minimum atomic E-state index is -0.889. The van der Waals surface area contributed by atoms with Gasteiger partial charge in [0.2, 0.25) is 5.82 Å². The molecule has 18 heavy (non-hydrogen) atoms. The average Bonchev–Trinajstić information content (AvgIpc) is 2.63. The molecule has 0 aliphatic carbocycles. The quantitative estimate of drug-likeness (QED) is 0.633. The molecule has 7 heteroatoms. The molecule has 2 rings (SSSR count). The van der Waals surface area contributed by atoms with E-state index in [9.17, 15) is 19.3 Å². The molecule has 1 aromatic carbocycles. The van der Waals surface area contributed by atoms with E-state index in [2.05, 4.69) is 0 Å². The largest absolute Gasteiger partial charge is 0.307 e. The summed E-state index contributed by atoms with van der Waals surface area (Å²) < 4.78 is 15.2. The van der Waals surface area contributed by atoms with Crippen molar-refractivity contribution in [3.8, 4) is 0 Å². The highest BCUT2D eigenvalue weighted by atomic mass is 32.1. The molecule has 0 unspecified atom stereocenters. The molecule has 5 nitrogen and oxygen atoms in total. The van der Waals surface area contributed by atoms with E-state index in [1.165, 1.54) is 16.7 Å². The zero-order chi connectivity index (χ0) is 13.3. The zero-order valence-electron chi connectivity index (χ0n) is 9.42. The third-order valence-electron chi connectivity index (χ3n) is 2.56. The Morgan fingerprint density at radius 3 is 2.78 bits per heavy atom. The van der Waals surface area contributed by atoms with Crippen LogP contribution in [0.15, 0.2) is 28.4 Å². The molecule has 0 aliphatic rings. The smallest absolute Gasteiger partial charge is 0.299 e. The molecule has 2 aromatic rings. The van der Waals surface area contributed by atoms with Gasteiger partial charge in [0, 0.05) is 22.7 Å². The number of nitrogens with zero attached hydrogens (tertiary/aromatic N) is 2. The van der Waals surface area contributed by atoms with E-state index in [0.717, 1.165) is 17.4 Å². The molecule has 0 saturated heterocycles. The lowest BCUT2D eigenvalue weighted by molar-refractivity contribution is -0.387. The summed E-state index contributed by atoms with van der Waals surface area (Å²) in [6.07, 6.45) is 0. The third kappa shape index (κ3) is 2.17. The van der Waals surface area contributed by atoms with Crippen molar-refractivity contribution in [1.82, 2.24) is 4.57 Å². The maximum atomic E-state index is 13.8. The Hall–Kier alpha value is -2.02. The van der Waals surface area contributed by atoms with Crippen LogP contribution in [-0.4, -0.2) is 9.49 Å².